The monoisotopic (exact) mass is 439 g/mol. The van der Waals surface area contributed by atoms with Crippen molar-refractivity contribution in [3.8, 4) is 11.3 Å². The Morgan fingerprint density at radius 1 is 1.04 bits per heavy atom. The lowest BCUT2D eigenvalue weighted by atomic mass is 10.0. The van der Waals surface area contributed by atoms with E-state index in [0.29, 0.717) is 25.2 Å². The number of halogens is 1. The van der Waals surface area contributed by atoms with E-state index in [1.165, 1.54) is 0 Å². The molecule has 0 aliphatic carbocycles. The maximum absolute atomic E-state index is 13.3. The molecule has 2 heterocycles. The molecular formula is C22H22BrN3O2. The van der Waals surface area contributed by atoms with Gasteiger partial charge in [0, 0.05) is 48.1 Å². The lowest BCUT2D eigenvalue weighted by molar-refractivity contribution is 0.0617. The van der Waals surface area contributed by atoms with Gasteiger partial charge in [-0.2, -0.15) is 0 Å². The van der Waals surface area contributed by atoms with Crippen LogP contribution in [0.25, 0.3) is 22.2 Å². The standard InChI is InChI=1S/C22H22BrN3O2/c23-17-7-5-16(6-8-17)21-15-19(18-3-1-2-4-20(18)24-21)22(28)26-11-9-25(10-12-26)13-14-27/h1-8,15,27H,9-14H2. The van der Waals surface area contributed by atoms with E-state index in [1.54, 1.807) is 0 Å². The zero-order valence-electron chi connectivity index (χ0n) is 15.5. The van der Waals surface area contributed by atoms with Crippen LogP contribution < -0.4 is 0 Å². The van der Waals surface area contributed by atoms with E-state index in [9.17, 15) is 4.79 Å². The predicted octanol–water partition coefficient (Wildman–Crippen LogP) is 3.41. The molecule has 3 aromatic rings. The Bertz CT molecular complexity index is 983. The zero-order valence-corrected chi connectivity index (χ0v) is 17.1. The van der Waals surface area contributed by atoms with Gasteiger partial charge in [0.25, 0.3) is 5.91 Å². The van der Waals surface area contributed by atoms with Crippen molar-refractivity contribution in [2.75, 3.05) is 39.3 Å². The summed E-state index contributed by atoms with van der Waals surface area (Å²) in [6.45, 7) is 3.73. The highest BCUT2D eigenvalue weighted by Crippen LogP contribution is 2.27. The molecule has 1 fully saturated rings. The fraction of sp³-hybridized carbons (Fsp3) is 0.273. The number of nitrogens with zero attached hydrogens (tertiary/aromatic N) is 3. The van der Waals surface area contributed by atoms with Crippen molar-refractivity contribution in [3.05, 3.63) is 64.6 Å². The molecule has 6 heteroatoms. The number of β-amino-alcohol motifs (C(OH)–C–C–N with tert-alkyl or cyclic N) is 1. The molecule has 144 valence electrons. The molecular weight excluding hydrogens is 418 g/mol. The SMILES string of the molecule is O=C(c1cc(-c2ccc(Br)cc2)nc2ccccc12)N1CCN(CCO)CC1. The van der Waals surface area contributed by atoms with Crippen LogP contribution in [0.15, 0.2) is 59.1 Å². The molecule has 0 atom stereocenters. The fourth-order valence-electron chi connectivity index (χ4n) is 3.61. The third-order valence-electron chi connectivity index (χ3n) is 5.16. The van der Waals surface area contributed by atoms with Gasteiger partial charge in [-0.15, -0.1) is 0 Å². The van der Waals surface area contributed by atoms with Gasteiger partial charge in [-0.05, 0) is 24.3 Å². The molecule has 1 aromatic heterocycles. The Labute approximate surface area is 172 Å². The van der Waals surface area contributed by atoms with Crippen LogP contribution in [0.4, 0.5) is 0 Å². The second-order valence-corrected chi connectivity index (χ2v) is 7.85. The van der Waals surface area contributed by atoms with Crippen molar-refractivity contribution >= 4 is 32.7 Å². The van der Waals surface area contributed by atoms with Crippen molar-refractivity contribution in [2.45, 2.75) is 0 Å². The van der Waals surface area contributed by atoms with Gasteiger partial charge in [-0.1, -0.05) is 46.3 Å². The van der Waals surface area contributed by atoms with E-state index in [2.05, 4.69) is 20.8 Å². The summed E-state index contributed by atoms with van der Waals surface area (Å²) in [5.74, 6) is 0.0422. The number of hydrogen-bond acceptors (Lipinski definition) is 4. The van der Waals surface area contributed by atoms with Gasteiger partial charge in [0.15, 0.2) is 0 Å². The first kappa shape index (κ1) is 19.1. The lowest BCUT2D eigenvalue weighted by Crippen LogP contribution is -2.49. The molecule has 0 spiro atoms. The van der Waals surface area contributed by atoms with Gasteiger partial charge in [0.05, 0.1) is 23.4 Å². The molecule has 2 aromatic carbocycles. The minimum atomic E-state index is 0.0422. The van der Waals surface area contributed by atoms with Crippen LogP contribution in [-0.2, 0) is 0 Å². The van der Waals surface area contributed by atoms with Gasteiger partial charge >= 0.3 is 0 Å². The second-order valence-electron chi connectivity index (χ2n) is 6.94. The summed E-state index contributed by atoms with van der Waals surface area (Å²) in [6, 6.07) is 17.7. The van der Waals surface area contributed by atoms with E-state index >= 15 is 0 Å². The smallest absolute Gasteiger partial charge is 0.254 e. The average molecular weight is 440 g/mol. The van der Waals surface area contributed by atoms with Crippen molar-refractivity contribution in [1.29, 1.82) is 0 Å². The summed E-state index contributed by atoms with van der Waals surface area (Å²) in [7, 11) is 0. The topological polar surface area (TPSA) is 56.7 Å². The number of carbonyl (C=O) groups is 1. The molecule has 1 N–H and O–H groups in total. The molecule has 4 rings (SSSR count). The molecule has 28 heavy (non-hydrogen) atoms. The first-order chi connectivity index (χ1) is 13.7. The number of aliphatic hydroxyl groups excluding tert-OH is 1. The summed E-state index contributed by atoms with van der Waals surface area (Å²) in [5, 5.41) is 9.99. The van der Waals surface area contributed by atoms with Gasteiger partial charge < -0.3 is 10.0 Å². The number of carbonyl (C=O) groups excluding carboxylic acids is 1. The quantitative estimate of drug-likeness (QED) is 0.676. The first-order valence-electron chi connectivity index (χ1n) is 9.44. The van der Waals surface area contributed by atoms with E-state index in [-0.39, 0.29) is 12.5 Å². The Balaban J connectivity index is 1.69. The van der Waals surface area contributed by atoms with Gasteiger partial charge in [-0.3, -0.25) is 9.69 Å². The average Bonchev–Trinajstić information content (AvgIpc) is 2.74. The number of rotatable bonds is 4. The molecule has 1 aliphatic heterocycles. The van der Waals surface area contributed by atoms with Crippen LogP contribution in [0.1, 0.15) is 10.4 Å². The molecule has 1 aliphatic rings. The Morgan fingerprint density at radius 2 is 1.75 bits per heavy atom. The second kappa shape index (κ2) is 8.39. The lowest BCUT2D eigenvalue weighted by Gasteiger charge is -2.34. The number of piperazine rings is 1. The van der Waals surface area contributed by atoms with Crippen LogP contribution in [0, 0.1) is 0 Å². The molecule has 0 radical (unpaired) electrons. The van der Waals surface area contributed by atoms with Gasteiger partial charge in [0.1, 0.15) is 0 Å². The van der Waals surface area contributed by atoms with Crippen LogP contribution in [0.3, 0.4) is 0 Å². The van der Waals surface area contributed by atoms with E-state index in [1.807, 2.05) is 59.5 Å². The minimum absolute atomic E-state index is 0.0422. The summed E-state index contributed by atoms with van der Waals surface area (Å²) >= 11 is 3.46. The third-order valence-corrected chi connectivity index (χ3v) is 5.69. The number of amides is 1. The number of pyridine rings is 1. The van der Waals surface area contributed by atoms with E-state index in [4.69, 9.17) is 10.1 Å². The summed E-state index contributed by atoms with van der Waals surface area (Å²) in [6.07, 6.45) is 0. The molecule has 1 amide bonds. The summed E-state index contributed by atoms with van der Waals surface area (Å²) in [5.41, 5.74) is 3.30. The third kappa shape index (κ3) is 3.94. The van der Waals surface area contributed by atoms with Gasteiger partial charge in [-0.25, -0.2) is 4.98 Å². The van der Waals surface area contributed by atoms with Crippen LogP contribution in [-0.4, -0.2) is 65.1 Å². The van der Waals surface area contributed by atoms with E-state index in [0.717, 1.165) is 39.7 Å². The maximum atomic E-state index is 13.3. The largest absolute Gasteiger partial charge is 0.395 e. The minimum Gasteiger partial charge on any atom is -0.395 e. The van der Waals surface area contributed by atoms with Crippen LogP contribution in [0.5, 0.6) is 0 Å². The molecule has 0 bridgehead atoms. The molecule has 1 saturated heterocycles. The molecule has 0 saturated carbocycles. The van der Waals surface area contributed by atoms with E-state index < -0.39 is 0 Å². The van der Waals surface area contributed by atoms with Crippen molar-refractivity contribution < 1.29 is 9.90 Å². The Kier molecular flexibility index (Phi) is 5.71. The summed E-state index contributed by atoms with van der Waals surface area (Å²) < 4.78 is 1.01. The normalized spacial score (nSPS) is 15.1. The molecule has 5 nitrogen and oxygen atoms in total. The number of hydrogen-bond donors (Lipinski definition) is 1. The maximum Gasteiger partial charge on any atom is 0.254 e. The number of aliphatic hydroxyl groups is 1. The number of fused-ring (bicyclic) bond motifs is 1. The summed E-state index contributed by atoms with van der Waals surface area (Å²) in [4.78, 5) is 22.2. The highest BCUT2D eigenvalue weighted by Gasteiger charge is 2.24. The van der Waals surface area contributed by atoms with Crippen LogP contribution in [0.2, 0.25) is 0 Å². The highest BCUT2D eigenvalue weighted by atomic mass is 79.9. The molecule has 0 unspecified atom stereocenters. The first-order valence-corrected chi connectivity index (χ1v) is 10.2. The van der Waals surface area contributed by atoms with Crippen molar-refractivity contribution in [3.63, 3.8) is 0 Å². The predicted molar refractivity (Wildman–Crippen MR) is 114 cm³/mol. The number of aromatic nitrogens is 1. The fourth-order valence-corrected chi connectivity index (χ4v) is 3.87. The Morgan fingerprint density at radius 3 is 2.46 bits per heavy atom. The number of benzene rings is 2. The van der Waals surface area contributed by atoms with Crippen molar-refractivity contribution in [1.82, 2.24) is 14.8 Å². The highest BCUT2D eigenvalue weighted by molar-refractivity contribution is 9.10. The Hall–Kier alpha value is -2.28. The van der Waals surface area contributed by atoms with Gasteiger partial charge in [0.2, 0.25) is 0 Å². The number of para-hydroxylation sites is 1. The van der Waals surface area contributed by atoms with Crippen LogP contribution >= 0.6 is 15.9 Å². The zero-order chi connectivity index (χ0) is 19.5. The van der Waals surface area contributed by atoms with Crippen molar-refractivity contribution in [2.24, 2.45) is 0 Å².